The fraction of sp³-hybridized carbons (Fsp3) is 0.200. The summed E-state index contributed by atoms with van der Waals surface area (Å²) in [4.78, 5) is 11.8. The van der Waals surface area contributed by atoms with E-state index in [1.807, 2.05) is 0 Å². The number of alkyl halides is 2. The Morgan fingerprint density at radius 1 is 1.44 bits per heavy atom. The smallest absolute Gasteiger partial charge is 0.308 e. The van der Waals surface area contributed by atoms with E-state index in [0.29, 0.717) is 5.56 Å². The van der Waals surface area contributed by atoms with Gasteiger partial charge in [-0.15, -0.1) is 0 Å². The van der Waals surface area contributed by atoms with Gasteiger partial charge in [-0.25, -0.2) is 0 Å². The third-order valence-corrected chi connectivity index (χ3v) is 2.73. The van der Waals surface area contributed by atoms with Crippen LogP contribution < -0.4 is 4.90 Å². The Balaban J connectivity index is 3.23. The van der Waals surface area contributed by atoms with E-state index in [4.69, 9.17) is 23.2 Å². The Hall–Kier alpha value is -0.870. The Labute approximate surface area is 102 Å². The summed E-state index contributed by atoms with van der Waals surface area (Å²) < 4.78 is 24.5. The number of benzene rings is 1. The number of rotatable bonds is 2. The lowest BCUT2D eigenvalue weighted by atomic mass is 10.2. The van der Waals surface area contributed by atoms with Crippen LogP contribution in [0, 0.1) is 6.92 Å². The van der Waals surface area contributed by atoms with Gasteiger partial charge in [0.1, 0.15) is 0 Å². The summed E-state index contributed by atoms with van der Waals surface area (Å²) in [5.74, 6) is -1.37. The quantitative estimate of drug-likeness (QED) is 0.804. The molecule has 0 saturated carbocycles. The zero-order valence-electron chi connectivity index (χ0n) is 8.31. The van der Waals surface area contributed by atoms with Crippen LogP contribution in [0.1, 0.15) is 5.56 Å². The molecular weight excluding hydrogens is 259 g/mol. The normalized spacial score (nSPS) is 10.7. The van der Waals surface area contributed by atoms with E-state index in [1.54, 1.807) is 0 Å². The number of carbonyl (C=O) groups excluding carboxylic acids is 1. The van der Waals surface area contributed by atoms with E-state index in [0.717, 1.165) is 4.90 Å². The lowest BCUT2D eigenvalue weighted by Crippen LogP contribution is -2.32. The first kappa shape index (κ1) is 13.2. The minimum atomic E-state index is -3.11. The number of nitrogens with zero attached hydrogens (tertiary/aromatic N) is 1. The monoisotopic (exact) mass is 266 g/mol. The van der Waals surface area contributed by atoms with Crippen molar-refractivity contribution in [2.75, 3.05) is 11.9 Å². The van der Waals surface area contributed by atoms with Crippen molar-refractivity contribution in [1.82, 2.24) is 0 Å². The molecule has 0 saturated heterocycles. The molecule has 0 aliphatic heterocycles. The van der Waals surface area contributed by atoms with Crippen molar-refractivity contribution >= 4 is 34.8 Å². The summed E-state index contributed by atoms with van der Waals surface area (Å²) >= 11 is 11.7. The molecule has 2 nitrogen and oxygen atoms in total. The second-order valence-corrected chi connectivity index (χ2v) is 3.85. The molecule has 0 bridgehead atoms. The summed E-state index contributed by atoms with van der Waals surface area (Å²) in [6, 6.07) is 2.98. The summed E-state index contributed by atoms with van der Waals surface area (Å²) in [7, 11) is 1.18. The maximum atomic E-state index is 12.2. The molecule has 6 heteroatoms. The molecule has 0 unspecified atom stereocenters. The highest BCUT2D eigenvalue weighted by Gasteiger charge is 2.25. The molecular formula is C10H8Cl2F2NO. The fourth-order valence-electron chi connectivity index (χ4n) is 1.15. The van der Waals surface area contributed by atoms with Crippen LogP contribution in [0.25, 0.3) is 0 Å². The highest BCUT2D eigenvalue weighted by molar-refractivity contribution is 6.40. The largest absolute Gasteiger partial charge is 0.316 e. The minimum absolute atomic E-state index is 0.0427. The predicted molar refractivity (Wildman–Crippen MR) is 60.3 cm³/mol. The topological polar surface area (TPSA) is 20.3 Å². The van der Waals surface area contributed by atoms with Crippen LogP contribution in [0.2, 0.25) is 10.0 Å². The van der Waals surface area contributed by atoms with Gasteiger partial charge in [-0.1, -0.05) is 29.3 Å². The summed E-state index contributed by atoms with van der Waals surface area (Å²) in [5, 5.41) is 0.206. The number of halogens is 4. The molecule has 87 valence electrons. The van der Waals surface area contributed by atoms with Crippen LogP contribution in [0.5, 0.6) is 0 Å². The highest BCUT2D eigenvalue weighted by Crippen LogP contribution is 2.35. The van der Waals surface area contributed by atoms with Crippen molar-refractivity contribution in [3.63, 3.8) is 0 Å². The van der Waals surface area contributed by atoms with E-state index in [1.165, 1.54) is 19.2 Å². The molecule has 1 radical (unpaired) electrons. The number of hydrogen-bond donors (Lipinski definition) is 0. The van der Waals surface area contributed by atoms with Gasteiger partial charge in [-0.3, -0.25) is 4.79 Å². The van der Waals surface area contributed by atoms with Crippen LogP contribution >= 0.6 is 23.2 Å². The Kier molecular flexibility index (Phi) is 4.10. The van der Waals surface area contributed by atoms with Gasteiger partial charge in [0, 0.05) is 7.05 Å². The van der Waals surface area contributed by atoms with Gasteiger partial charge < -0.3 is 4.90 Å². The Morgan fingerprint density at radius 2 is 2.00 bits per heavy atom. The average Bonchev–Trinajstić information content (AvgIpc) is 2.22. The van der Waals surface area contributed by atoms with Crippen molar-refractivity contribution in [3.05, 3.63) is 34.7 Å². The first-order valence-corrected chi connectivity index (χ1v) is 4.97. The molecule has 16 heavy (non-hydrogen) atoms. The summed E-state index contributed by atoms with van der Waals surface area (Å²) in [6.07, 6.45) is -3.11. The predicted octanol–water partition coefficient (Wildman–Crippen LogP) is 3.40. The van der Waals surface area contributed by atoms with Crippen molar-refractivity contribution in [2.45, 2.75) is 6.43 Å². The Morgan fingerprint density at radius 3 is 2.50 bits per heavy atom. The van der Waals surface area contributed by atoms with Gasteiger partial charge >= 0.3 is 6.43 Å². The van der Waals surface area contributed by atoms with E-state index >= 15 is 0 Å². The molecule has 0 N–H and O–H groups in total. The third kappa shape index (κ3) is 2.44. The maximum Gasteiger partial charge on any atom is 0.316 e. The summed E-state index contributed by atoms with van der Waals surface area (Å²) in [6.45, 7) is 3.59. The van der Waals surface area contributed by atoms with E-state index in [-0.39, 0.29) is 15.7 Å². The van der Waals surface area contributed by atoms with Gasteiger partial charge in [-0.2, -0.15) is 8.78 Å². The van der Waals surface area contributed by atoms with Crippen LogP contribution in [-0.4, -0.2) is 19.4 Å². The number of amides is 1. The lowest BCUT2D eigenvalue weighted by Gasteiger charge is -2.20. The van der Waals surface area contributed by atoms with Crippen molar-refractivity contribution in [2.24, 2.45) is 0 Å². The van der Waals surface area contributed by atoms with E-state index < -0.39 is 12.3 Å². The second kappa shape index (κ2) is 4.97. The minimum Gasteiger partial charge on any atom is -0.308 e. The summed E-state index contributed by atoms with van der Waals surface area (Å²) in [5.41, 5.74) is 0.455. The highest BCUT2D eigenvalue weighted by atomic mass is 35.5. The van der Waals surface area contributed by atoms with Gasteiger partial charge in [0.25, 0.3) is 5.91 Å². The van der Waals surface area contributed by atoms with Crippen LogP contribution in [0.15, 0.2) is 12.1 Å². The SMILES string of the molecule is [CH2]c1ccc(Cl)c(N(C)C(=O)C(F)F)c1Cl. The van der Waals surface area contributed by atoms with E-state index in [9.17, 15) is 13.6 Å². The molecule has 0 aromatic heterocycles. The molecule has 1 amide bonds. The van der Waals surface area contributed by atoms with Crippen LogP contribution in [0.3, 0.4) is 0 Å². The van der Waals surface area contributed by atoms with E-state index in [2.05, 4.69) is 6.92 Å². The molecule has 0 aliphatic rings. The van der Waals surface area contributed by atoms with Gasteiger partial charge in [0.05, 0.1) is 15.7 Å². The average molecular weight is 267 g/mol. The lowest BCUT2D eigenvalue weighted by molar-refractivity contribution is -0.128. The van der Waals surface area contributed by atoms with Crippen LogP contribution in [-0.2, 0) is 4.79 Å². The first-order valence-electron chi connectivity index (χ1n) is 4.22. The Bertz CT molecular complexity index is 424. The molecule has 0 atom stereocenters. The number of anilines is 1. The van der Waals surface area contributed by atoms with Crippen LogP contribution in [0.4, 0.5) is 14.5 Å². The molecule has 0 fully saturated rings. The zero-order chi connectivity index (χ0) is 12.5. The molecule has 1 aromatic rings. The standard InChI is InChI=1S/C10H8Cl2F2NO/c1-5-3-4-6(11)8(7(5)12)15(2)10(16)9(13)14/h3-4,9H,1H2,2H3. The number of carbonyl (C=O) groups is 1. The molecule has 1 aromatic carbocycles. The molecule has 0 aliphatic carbocycles. The van der Waals surface area contributed by atoms with Crippen molar-refractivity contribution in [3.8, 4) is 0 Å². The molecule has 0 spiro atoms. The van der Waals surface area contributed by atoms with Gasteiger partial charge in [0.15, 0.2) is 0 Å². The fourth-order valence-corrected chi connectivity index (χ4v) is 1.77. The zero-order valence-corrected chi connectivity index (χ0v) is 9.82. The maximum absolute atomic E-state index is 12.2. The number of hydrogen-bond acceptors (Lipinski definition) is 1. The van der Waals surface area contributed by atoms with Gasteiger partial charge in [-0.05, 0) is 18.6 Å². The first-order chi connectivity index (χ1) is 7.36. The van der Waals surface area contributed by atoms with Crippen molar-refractivity contribution < 1.29 is 13.6 Å². The van der Waals surface area contributed by atoms with Gasteiger partial charge in [0.2, 0.25) is 0 Å². The van der Waals surface area contributed by atoms with Crippen molar-refractivity contribution in [1.29, 1.82) is 0 Å². The second-order valence-electron chi connectivity index (χ2n) is 3.07. The third-order valence-electron chi connectivity index (χ3n) is 2.00. The molecule has 0 heterocycles. The molecule has 1 rings (SSSR count).